The molecule has 0 N–H and O–H groups in total. The number of rotatable bonds is 21. The van der Waals surface area contributed by atoms with E-state index >= 15 is 0 Å². The van der Waals surface area contributed by atoms with Crippen LogP contribution in [0, 0.1) is 45.3 Å². The van der Waals surface area contributed by atoms with Gasteiger partial charge in [-0.3, -0.25) is 71.9 Å². The highest BCUT2D eigenvalue weighted by Gasteiger charge is 2.52. The highest BCUT2D eigenvalue weighted by Crippen LogP contribution is 2.46. The van der Waals surface area contributed by atoms with Crippen molar-refractivity contribution >= 4 is 84.7 Å². The number of fused-ring (bicyclic) bond motifs is 3. The van der Waals surface area contributed by atoms with Crippen LogP contribution in [0.25, 0.3) is 0 Å². The summed E-state index contributed by atoms with van der Waals surface area (Å²) in [5, 5.41) is 9.12. The zero-order chi connectivity index (χ0) is 88.5. The fourth-order valence-corrected chi connectivity index (χ4v) is 17.8. The standard InChI is InChI=1S/C15H22N2O3.C15H24N2O2.C15H23NO2.C14H22O4.C13H24O3Si.C10H16O3.C9H14O3/c1-6-20-14(19)15(4)8-7-10(18)11-12(9(2)3)17(5)16-13(11)15;1-6-19-14(18)15(4)9-7-8-11-12(10(2)3)17(5)16-13(11)15;1-5-18-14(17)15(4)8-6-7-11-12(10(2)3)9-16-13(11)15;1-5-18-13(17)14(4)8-6-7-10(12(14)16)11(15)9(2)3;1-6-15-12(14)13(2)10-8-7-9-11(13)16-17(3,4)5;1-3-13-9(12)10(2)7-5-4-6-8(10)11;1-2-12-9(11)7-5-3-4-6-8(7)10/h9H,6-8H2,1-5H3;10H,6-9H2,1-5H3;10H,5-9H2,1-4H3;9-10H,5-8H2,1-4H3;9H,6-8,10H2,1-5H3;3-7H2,1-2H3;7H,2-6H2,1H3. The van der Waals surface area contributed by atoms with E-state index in [-0.39, 0.29) is 83.2 Å². The molecule has 0 saturated heterocycles. The molecule has 658 valence electrons. The predicted molar refractivity (Wildman–Crippen MR) is 452 cm³/mol. The van der Waals surface area contributed by atoms with Gasteiger partial charge < -0.3 is 37.6 Å². The normalized spacial score (nSPS) is 25.2. The molecule has 4 fully saturated rings. The molecule has 0 bridgehead atoms. The Morgan fingerprint density at radius 2 is 0.906 bits per heavy atom. The van der Waals surface area contributed by atoms with Gasteiger partial charge >= 0.3 is 41.8 Å². The highest BCUT2D eigenvalue weighted by molar-refractivity contribution is 6.70. The number of allylic oxidation sites excluding steroid dienone is 2. The van der Waals surface area contributed by atoms with Crippen molar-refractivity contribution in [2.45, 2.75) is 329 Å². The Kier molecular flexibility index (Phi) is 39.1. The minimum absolute atomic E-state index is 0.0391. The number of Topliss-reactive ketones (excluding diaryl/α,β-unsaturated/α-hetero) is 5. The number of aryl methyl sites for hydroxylation is 2. The van der Waals surface area contributed by atoms with Crippen LogP contribution in [-0.2, 0) is 122 Å². The summed E-state index contributed by atoms with van der Waals surface area (Å²) in [6.07, 6.45) is 19.5. The number of ether oxygens (including phenoxy) is 7. The summed E-state index contributed by atoms with van der Waals surface area (Å²) in [5.74, 6) is -1.30. The summed E-state index contributed by atoms with van der Waals surface area (Å²) in [7, 11) is 2.12. The lowest BCUT2D eigenvalue weighted by atomic mass is 9.67. The van der Waals surface area contributed by atoms with Crippen LogP contribution in [0.2, 0.25) is 19.6 Å². The topological polar surface area (TPSA) is 327 Å². The molecular weight excluding hydrogens is 1510 g/mol. The van der Waals surface area contributed by atoms with Crippen molar-refractivity contribution in [3.63, 3.8) is 0 Å². The van der Waals surface area contributed by atoms with E-state index in [9.17, 15) is 57.5 Å². The summed E-state index contributed by atoms with van der Waals surface area (Å²) < 4.78 is 45.3. The van der Waals surface area contributed by atoms with Crippen LogP contribution in [0.15, 0.2) is 28.0 Å². The van der Waals surface area contributed by atoms with Gasteiger partial charge in [0.15, 0.2) is 11.6 Å². The van der Waals surface area contributed by atoms with Gasteiger partial charge in [-0.1, -0.05) is 74.7 Å². The van der Waals surface area contributed by atoms with E-state index < -0.39 is 58.6 Å². The van der Waals surface area contributed by atoms with Crippen LogP contribution < -0.4 is 0 Å². The summed E-state index contributed by atoms with van der Waals surface area (Å²) in [6, 6.07) is 0. The van der Waals surface area contributed by atoms with E-state index in [2.05, 4.69) is 68.6 Å². The highest BCUT2D eigenvalue weighted by atomic mass is 28.4. The minimum atomic E-state index is -1.68. The zero-order valence-electron chi connectivity index (χ0n) is 76.2. The SMILES string of the molecule is CCOC(=O)C1(C)CCC(=O)c2c1nn(C)c2C(C)C.CCOC(=O)C1(C)CCCC(C(=O)C(C)C)C1=O.CCOC(=O)C1(C)CCCC2=C(C(C)C)CN=C21.CCOC(=O)C1(C)CCCC=C1O[Si](C)(C)C.CCOC(=O)C1(C)CCCCC1=O.CCOC(=O)C1(C)CCCc2c1nn(C)c2C(C)C.CCOC(=O)C1CCCCC1=O. The van der Waals surface area contributed by atoms with Gasteiger partial charge in [0.25, 0.3) is 0 Å². The predicted octanol–water partition coefficient (Wildman–Crippen LogP) is 16.8. The fourth-order valence-electron chi connectivity index (χ4n) is 16.9. The van der Waals surface area contributed by atoms with Crippen LogP contribution in [0.1, 0.15) is 331 Å². The van der Waals surface area contributed by atoms with E-state index in [1.165, 1.54) is 22.4 Å². The molecule has 0 spiro atoms. The third-order valence-electron chi connectivity index (χ3n) is 23.6. The Bertz CT molecular complexity index is 3920. The lowest BCUT2D eigenvalue weighted by Crippen LogP contribution is -2.47. The molecule has 0 aromatic carbocycles. The van der Waals surface area contributed by atoms with Crippen molar-refractivity contribution in [3.05, 3.63) is 56.9 Å². The second kappa shape index (κ2) is 45.0. The Hall–Kier alpha value is -7.77. The molecule has 2 aromatic heterocycles. The number of ketones is 5. The molecule has 3 heterocycles. The van der Waals surface area contributed by atoms with Crippen LogP contribution in [0.3, 0.4) is 0 Å². The first kappa shape index (κ1) is 102. The second-order valence-electron chi connectivity index (χ2n) is 35.3. The van der Waals surface area contributed by atoms with E-state index in [4.69, 9.17) is 37.6 Å². The summed E-state index contributed by atoms with van der Waals surface area (Å²) in [6.45, 7) is 49.8. The molecular formula is C91H145N5O20Si. The van der Waals surface area contributed by atoms with Crippen LogP contribution in [-0.4, -0.2) is 157 Å². The number of esters is 7. The molecule has 8 unspecified atom stereocenters. The second-order valence-corrected chi connectivity index (χ2v) is 39.8. The number of hydrogen-bond acceptors (Lipinski definition) is 23. The van der Waals surface area contributed by atoms with Crippen LogP contribution >= 0.6 is 0 Å². The fraction of sp³-hybridized carbons (Fsp3) is 0.747. The van der Waals surface area contributed by atoms with E-state index in [0.717, 1.165) is 113 Å². The Balaban J connectivity index is 0.000000289. The van der Waals surface area contributed by atoms with Crippen LogP contribution in [0.4, 0.5) is 0 Å². The van der Waals surface area contributed by atoms with E-state index in [1.54, 1.807) is 60.1 Å². The van der Waals surface area contributed by atoms with Crippen molar-refractivity contribution < 1.29 is 95.1 Å². The first-order chi connectivity index (χ1) is 54.7. The minimum Gasteiger partial charge on any atom is -0.547 e. The number of hydrogen-bond donors (Lipinski definition) is 0. The molecule has 0 amide bonds. The monoisotopic (exact) mass is 1660 g/mol. The first-order valence-electron chi connectivity index (χ1n) is 43.4. The molecule has 2 aromatic rings. The molecule has 0 radical (unpaired) electrons. The first-order valence-corrected chi connectivity index (χ1v) is 46.8. The lowest BCUT2D eigenvalue weighted by Gasteiger charge is -2.36. The average Bonchev–Trinajstić information content (AvgIpc) is 1.61. The quantitative estimate of drug-likeness (QED) is 0.0485. The van der Waals surface area contributed by atoms with Gasteiger partial charge in [-0.05, 0) is 253 Å². The van der Waals surface area contributed by atoms with Crippen LogP contribution in [0.5, 0.6) is 0 Å². The number of nitrogens with zero attached hydrogens (tertiary/aromatic N) is 5. The molecule has 117 heavy (non-hydrogen) atoms. The number of aliphatic imine (C=N–C) groups is 1. The number of carbonyl (C=O) groups is 12. The van der Waals surface area contributed by atoms with Crippen molar-refractivity contribution in [3.8, 4) is 0 Å². The Morgan fingerprint density at radius 3 is 1.41 bits per heavy atom. The average molecular weight is 1660 g/mol. The van der Waals surface area contributed by atoms with Gasteiger partial charge in [0.05, 0.1) is 92.8 Å². The van der Waals surface area contributed by atoms with E-state index in [1.807, 2.05) is 81.1 Å². The third kappa shape index (κ3) is 25.0. The number of carbonyl (C=O) groups excluding carboxylic acids is 12. The molecule has 4 saturated carbocycles. The maximum Gasteiger partial charge on any atom is 0.319 e. The summed E-state index contributed by atoms with van der Waals surface area (Å²) in [5.41, 5.74) is 4.87. The van der Waals surface area contributed by atoms with Gasteiger partial charge in [0.2, 0.25) is 8.32 Å². The summed E-state index contributed by atoms with van der Waals surface area (Å²) in [4.78, 5) is 148. The van der Waals surface area contributed by atoms with Gasteiger partial charge in [0, 0.05) is 45.0 Å². The maximum atomic E-state index is 12.4. The molecule has 25 nitrogen and oxygen atoms in total. The van der Waals surface area contributed by atoms with Crippen molar-refractivity contribution in [2.24, 2.45) is 64.4 Å². The van der Waals surface area contributed by atoms with E-state index in [0.29, 0.717) is 121 Å². The Labute approximate surface area is 699 Å². The lowest BCUT2D eigenvalue weighted by molar-refractivity contribution is -0.164. The molecule has 7 aliphatic carbocycles. The molecule has 8 aliphatic rings. The molecule has 8 atom stereocenters. The molecule has 1 aliphatic heterocycles. The smallest absolute Gasteiger partial charge is 0.319 e. The number of aromatic nitrogens is 4. The zero-order valence-corrected chi connectivity index (χ0v) is 77.2. The Morgan fingerprint density at radius 1 is 0.462 bits per heavy atom. The largest absolute Gasteiger partial charge is 0.547 e. The van der Waals surface area contributed by atoms with Crippen molar-refractivity contribution in [2.75, 3.05) is 52.8 Å². The molecule has 10 rings (SSSR count). The summed E-state index contributed by atoms with van der Waals surface area (Å²) >= 11 is 0. The molecule has 26 heteroatoms. The van der Waals surface area contributed by atoms with Crippen molar-refractivity contribution in [1.29, 1.82) is 0 Å². The maximum absolute atomic E-state index is 12.4. The van der Waals surface area contributed by atoms with Gasteiger partial charge in [-0.15, -0.1) is 0 Å². The van der Waals surface area contributed by atoms with Gasteiger partial charge in [0.1, 0.15) is 55.8 Å². The van der Waals surface area contributed by atoms with Crippen molar-refractivity contribution in [1.82, 2.24) is 19.6 Å². The van der Waals surface area contributed by atoms with Gasteiger partial charge in [-0.25, -0.2) is 0 Å². The van der Waals surface area contributed by atoms with Gasteiger partial charge in [-0.2, -0.15) is 10.2 Å². The third-order valence-corrected chi connectivity index (χ3v) is 24.4.